The van der Waals surface area contributed by atoms with Gasteiger partial charge in [-0.15, -0.1) is 10.2 Å². The molecule has 0 bridgehead atoms. The predicted octanol–water partition coefficient (Wildman–Crippen LogP) is 4.05. The predicted molar refractivity (Wildman–Crippen MR) is 104 cm³/mol. The van der Waals surface area contributed by atoms with Crippen molar-refractivity contribution in [1.82, 2.24) is 29.4 Å². The number of hydrogen-bond acceptors (Lipinski definition) is 4. The molecular formula is C21H16F2N6. The van der Waals surface area contributed by atoms with Crippen molar-refractivity contribution in [2.45, 2.75) is 12.6 Å². The molecule has 0 saturated heterocycles. The fourth-order valence-corrected chi connectivity index (χ4v) is 3.50. The van der Waals surface area contributed by atoms with E-state index in [-0.39, 0.29) is 11.5 Å². The molecule has 5 aromatic rings. The number of pyridine rings is 2. The minimum Gasteiger partial charge on any atom is -0.280 e. The molecule has 0 N–H and O–H groups in total. The summed E-state index contributed by atoms with van der Waals surface area (Å²) in [5.41, 5.74) is 0.401. The van der Waals surface area contributed by atoms with Crippen LogP contribution >= 0.6 is 0 Å². The van der Waals surface area contributed by atoms with Crippen molar-refractivity contribution in [2.75, 3.05) is 0 Å². The van der Waals surface area contributed by atoms with Crippen LogP contribution in [0, 0.1) is 5.82 Å². The minimum absolute atomic E-state index is 0.000352. The highest BCUT2D eigenvalue weighted by Crippen LogP contribution is 2.35. The van der Waals surface area contributed by atoms with E-state index in [0.717, 1.165) is 10.9 Å². The zero-order valence-electron chi connectivity index (χ0n) is 15.7. The van der Waals surface area contributed by atoms with E-state index in [1.54, 1.807) is 60.8 Å². The highest BCUT2D eigenvalue weighted by molar-refractivity contribution is 5.79. The van der Waals surface area contributed by atoms with Crippen molar-refractivity contribution < 1.29 is 8.78 Å². The monoisotopic (exact) mass is 390 g/mol. The smallest absolute Gasteiger partial charge is 0.197 e. The molecule has 6 nitrogen and oxygen atoms in total. The third-order valence-electron chi connectivity index (χ3n) is 5.06. The Kier molecular flexibility index (Phi) is 3.70. The van der Waals surface area contributed by atoms with E-state index in [2.05, 4.69) is 20.3 Å². The largest absolute Gasteiger partial charge is 0.280 e. The molecule has 1 aromatic carbocycles. The first-order valence-corrected chi connectivity index (χ1v) is 9.01. The zero-order valence-corrected chi connectivity index (χ0v) is 15.7. The molecule has 0 spiro atoms. The summed E-state index contributed by atoms with van der Waals surface area (Å²) in [6.45, 7) is 1.40. The maximum absolute atomic E-state index is 16.0. The van der Waals surface area contributed by atoms with Crippen LogP contribution in [0.2, 0.25) is 0 Å². The highest BCUT2D eigenvalue weighted by atomic mass is 19.1. The van der Waals surface area contributed by atoms with Gasteiger partial charge in [-0.3, -0.25) is 14.1 Å². The molecule has 144 valence electrons. The number of hydrogen-bond donors (Lipinski definition) is 0. The van der Waals surface area contributed by atoms with Gasteiger partial charge in [-0.05, 0) is 36.8 Å². The average molecular weight is 390 g/mol. The zero-order chi connectivity index (χ0) is 20.2. The first kappa shape index (κ1) is 17.4. The molecule has 0 aliphatic heterocycles. The van der Waals surface area contributed by atoms with Gasteiger partial charge in [0.05, 0.1) is 11.7 Å². The Morgan fingerprint density at radius 2 is 1.90 bits per heavy atom. The molecule has 8 heteroatoms. The third kappa shape index (κ3) is 2.75. The standard InChI is InChI=1S/C21H16F2N6/c1-21(23,16-5-6-18-13(8-16)4-3-7-24-18)20-27-26-19-17(22)9-14(12-29(19)20)15-10-25-28(2)11-15/h3-12H,1-2H3. The molecule has 0 radical (unpaired) electrons. The Labute approximate surface area is 164 Å². The molecule has 1 atom stereocenters. The van der Waals surface area contributed by atoms with E-state index in [1.807, 2.05) is 6.07 Å². The van der Waals surface area contributed by atoms with Gasteiger partial charge in [0.1, 0.15) is 0 Å². The second kappa shape index (κ2) is 6.16. The van der Waals surface area contributed by atoms with E-state index in [0.29, 0.717) is 16.7 Å². The maximum Gasteiger partial charge on any atom is 0.197 e. The summed E-state index contributed by atoms with van der Waals surface area (Å²) in [6.07, 6.45) is 6.70. The summed E-state index contributed by atoms with van der Waals surface area (Å²) in [5.74, 6) is -0.580. The van der Waals surface area contributed by atoms with Gasteiger partial charge in [-0.25, -0.2) is 8.78 Å². The van der Waals surface area contributed by atoms with Gasteiger partial charge < -0.3 is 0 Å². The van der Waals surface area contributed by atoms with Crippen molar-refractivity contribution in [3.8, 4) is 11.1 Å². The Morgan fingerprint density at radius 3 is 2.69 bits per heavy atom. The fourth-order valence-electron chi connectivity index (χ4n) is 3.50. The summed E-state index contributed by atoms with van der Waals surface area (Å²) in [7, 11) is 1.77. The van der Waals surface area contributed by atoms with Crippen molar-refractivity contribution in [2.24, 2.45) is 7.05 Å². The molecule has 0 fully saturated rings. The van der Waals surface area contributed by atoms with E-state index >= 15 is 4.39 Å². The quantitative estimate of drug-likeness (QED) is 0.466. The van der Waals surface area contributed by atoms with Crippen LogP contribution in [0.15, 0.2) is 61.2 Å². The van der Waals surface area contributed by atoms with Crippen LogP contribution in [0.4, 0.5) is 8.78 Å². The van der Waals surface area contributed by atoms with Gasteiger partial charge in [-0.2, -0.15) is 5.10 Å². The van der Waals surface area contributed by atoms with Gasteiger partial charge in [-0.1, -0.05) is 12.1 Å². The van der Waals surface area contributed by atoms with Crippen molar-refractivity contribution in [1.29, 1.82) is 0 Å². The second-order valence-corrected chi connectivity index (χ2v) is 7.11. The first-order valence-electron chi connectivity index (χ1n) is 9.01. The molecule has 0 amide bonds. The number of aryl methyl sites for hydroxylation is 1. The normalized spacial score (nSPS) is 13.8. The maximum atomic E-state index is 16.0. The molecule has 0 saturated carbocycles. The lowest BCUT2D eigenvalue weighted by atomic mass is 9.95. The SMILES string of the molecule is Cn1cc(-c2cc(F)c3nnc(C(C)(F)c4ccc5ncccc5c4)n3c2)cn1. The summed E-state index contributed by atoms with van der Waals surface area (Å²) in [5, 5.41) is 12.8. The summed E-state index contributed by atoms with van der Waals surface area (Å²) in [6, 6.07) is 10.2. The van der Waals surface area contributed by atoms with Crippen LogP contribution in [-0.4, -0.2) is 29.4 Å². The molecule has 4 aromatic heterocycles. The Balaban J connectivity index is 1.69. The lowest BCUT2D eigenvalue weighted by Crippen LogP contribution is -2.21. The average Bonchev–Trinajstić information content (AvgIpc) is 3.34. The number of alkyl halides is 1. The van der Waals surface area contributed by atoms with Gasteiger partial charge in [0.15, 0.2) is 23.0 Å². The van der Waals surface area contributed by atoms with E-state index in [9.17, 15) is 4.39 Å². The molecule has 5 rings (SSSR count). The molecule has 0 aliphatic carbocycles. The van der Waals surface area contributed by atoms with Crippen LogP contribution < -0.4 is 0 Å². The molecule has 1 unspecified atom stereocenters. The van der Waals surface area contributed by atoms with Crippen LogP contribution in [-0.2, 0) is 12.7 Å². The minimum atomic E-state index is -2.00. The Hall–Kier alpha value is -3.68. The molecule has 29 heavy (non-hydrogen) atoms. The van der Waals surface area contributed by atoms with E-state index < -0.39 is 11.5 Å². The number of rotatable bonds is 3. The van der Waals surface area contributed by atoms with Crippen LogP contribution in [0.5, 0.6) is 0 Å². The second-order valence-electron chi connectivity index (χ2n) is 7.11. The summed E-state index contributed by atoms with van der Waals surface area (Å²) >= 11 is 0. The summed E-state index contributed by atoms with van der Waals surface area (Å²) in [4.78, 5) is 4.26. The molecule has 0 aliphatic rings. The topological polar surface area (TPSA) is 60.9 Å². The number of benzene rings is 1. The molecule has 4 heterocycles. The number of halogens is 2. The van der Waals surface area contributed by atoms with Crippen molar-refractivity contribution >= 4 is 16.6 Å². The van der Waals surface area contributed by atoms with Crippen LogP contribution in [0.3, 0.4) is 0 Å². The van der Waals surface area contributed by atoms with Crippen LogP contribution in [0.1, 0.15) is 18.3 Å². The first-order chi connectivity index (χ1) is 13.9. The van der Waals surface area contributed by atoms with E-state index in [4.69, 9.17) is 0 Å². The molecular weight excluding hydrogens is 374 g/mol. The highest BCUT2D eigenvalue weighted by Gasteiger charge is 2.34. The lowest BCUT2D eigenvalue weighted by molar-refractivity contribution is 0.234. The summed E-state index contributed by atoms with van der Waals surface area (Å²) < 4.78 is 33.7. The lowest BCUT2D eigenvalue weighted by Gasteiger charge is -2.20. The Bertz CT molecular complexity index is 1370. The number of fused-ring (bicyclic) bond motifs is 2. The number of aromatic nitrogens is 6. The Morgan fingerprint density at radius 1 is 1.03 bits per heavy atom. The van der Waals surface area contributed by atoms with Gasteiger partial charge in [0.25, 0.3) is 0 Å². The fraction of sp³-hybridized carbons (Fsp3) is 0.143. The van der Waals surface area contributed by atoms with Crippen molar-refractivity contribution in [3.63, 3.8) is 0 Å². The van der Waals surface area contributed by atoms with Crippen molar-refractivity contribution in [3.05, 3.63) is 78.4 Å². The van der Waals surface area contributed by atoms with Crippen LogP contribution in [0.25, 0.3) is 27.7 Å². The van der Waals surface area contributed by atoms with Gasteiger partial charge in [0, 0.05) is 42.2 Å². The van der Waals surface area contributed by atoms with Gasteiger partial charge >= 0.3 is 0 Å². The van der Waals surface area contributed by atoms with E-state index in [1.165, 1.54) is 17.4 Å². The third-order valence-corrected chi connectivity index (χ3v) is 5.06. The van der Waals surface area contributed by atoms with Gasteiger partial charge in [0.2, 0.25) is 0 Å². The number of nitrogens with zero attached hydrogens (tertiary/aromatic N) is 6.